The van der Waals surface area contributed by atoms with E-state index in [1.165, 1.54) is 11.4 Å². The smallest absolute Gasteiger partial charge is 0.243 e. The Morgan fingerprint density at radius 1 is 1.22 bits per heavy atom. The fraction of sp³-hybridized carbons (Fsp3) is 0.538. The summed E-state index contributed by atoms with van der Waals surface area (Å²) in [5.74, 6) is 0. The minimum atomic E-state index is -3.56. The highest BCUT2D eigenvalue weighted by Gasteiger charge is 2.33. The normalized spacial score (nSPS) is 13.0. The molecule has 1 aromatic rings. The van der Waals surface area contributed by atoms with E-state index in [-0.39, 0.29) is 11.5 Å². The number of nitrogens with zero attached hydrogens (tertiary/aromatic N) is 1. The summed E-state index contributed by atoms with van der Waals surface area (Å²) in [6.07, 6.45) is 0.873. The summed E-state index contributed by atoms with van der Waals surface area (Å²) >= 11 is 0. The first-order valence-electron chi connectivity index (χ1n) is 5.94. The summed E-state index contributed by atoms with van der Waals surface area (Å²) < 4.78 is 25.9. The topological polar surface area (TPSA) is 57.6 Å². The van der Waals surface area contributed by atoms with Crippen LogP contribution >= 0.6 is 0 Å². The lowest BCUT2D eigenvalue weighted by molar-refractivity contribution is 0.138. The van der Waals surface area contributed by atoms with Crippen molar-refractivity contribution in [3.05, 3.63) is 29.8 Å². The molecule has 0 saturated carbocycles. The molecule has 0 atom stereocenters. The second-order valence-electron chi connectivity index (χ2n) is 4.94. The van der Waals surface area contributed by atoms with Crippen molar-refractivity contribution in [2.45, 2.75) is 37.6 Å². The first-order valence-corrected chi connectivity index (χ1v) is 7.38. The summed E-state index contributed by atoms with van der Waals surface area (Å²) in [6, 6.07) is 6.84. The van der Waals surface area contributed by atoms with E-state index in [2.05, 4.69) is 0 Å². The number of likely N-dealkylation sites (N-methyl/N-ethyl adjacent to an activating group) is 1. The van der Waals surface area contributed by atoms with Gasteiger partial charge in [0, 0.05) is 7.05 Å². The van der Waals surface area contributed by atoms with Gasteiger partial charge in [-0.05, 0) is 38.0 Å². The van der Waals surface area contributed by atoms with Crippen molar-refractivity contribution in [3.63, 3.8) is 0 Å². The summed E-state index contributed by atoms with van der Waals surface area (Å²) in [7, 11) is -2.08. The molecule has 0 aliphatic carbocycles. The molecule has 0 fully saturated rings. The Labute approximate surface area is 109 Å². The van der Waals surface area contributed by atoms with Crippen molar-refractivity contribution in [1.82, 2.24) is 4.31 Å². The molecule has 5 heteroatoms. The predicted octanol–water partition coefficient (Wildman–Crippen LogP) is 1.64. The molecule has 0 saturated heterocycles. The van der Waals surface area contributed by atoms with Crippen molar-refractivity contribution in [2.24, 2.45) is 0 Å². The van der Waals surface area contributed by atoms with Crippen molar-refractivity contribution in [1.29, 1.82) is 0 Å². The van der Waals surface area contributed by atoms with Crippen LogP contribution in [0.3, 0.4) is 0 Å². The number of rotatable bonds is 5. The van der Waals surface area contributed by atoms with Gasteiger partial charge in [0.05, 0.1) is 17.0 Å². The highest BCUT2D eigenvalue weighted by Crippen LogP contribution is 2.22. The van der Waals surface area contributed by atoms with Crippen LogP contribution < -0.4 is 0 Å². The van der Waals surface area contributed by atoms with Crippen LogP contribution in [0.1, 0.15) is 26.3 Å². The first-order chi connectivity index (χ1) is 8.25. The van der Waals surface area contributed by atoms with Gasteiger partial charge >= 0.3 is 0 Å². The van der Waals surface area contributed by atoms with Gasteiger partial charge in [-0.3, -0.25) is 0 Å². The van der Waals surface area contributed by atoms with Crippen molar-refractivity contribution in [3.8, 4) is 0 Å². The molecule has 0 spiro atoms. The van der Waals surface area contributed by atoms with E-state index < -0.39 is 15.6 Å². The standard InChI is InChI=1S/C13H21NO3S/c1-5-11-6-8-12(9-7-11)18(16,17)14(4)13(2,3)10-15/h6-9,15H,5,10H2,1-4H3. The lowest BCUT2D eigenvalue weighted by Crippen LogP contribution is -2.47. The van der Waals surface area contributed by atoms with Gasteiger partial charge < -0.3 is 5.11 Å². The zero-order chi connectivity index (χ0) is 14.0. The third-order valence-corrected chi connectivity index (χ3v) is 5.31. The molecule has 0 bridgehead atoms. The Bertz CT molecular complexity index is 491. The lowest BCUT2D eigenvalue weighted by Gasteiger charge is -2.32. The number of aliphatic hydroxyl groups excluding tert-OH is 1. The highest BCUT2D eigenvalue weighted by atomic mass is 32.2. The van der Waals surface area contributed by atoms with Crippen LogP contribution in [0.15, 0.2) is 29.2 Å². The first kappa shape index (κ1) is 15.1. The molecular formula is C13H21NO3S. The lowest BCUT2D eigenvalue weighted by atomic mass is 10.1. The van der Waals surface area contributed by atoms with Crippen LogP contribution in [0.25, 0.3) is 0 Å². The molecule has 102 valence electrons. The molecule has 0 radical (unpaired) electrons. The number of aliphatic hydroxyl groups is 1. The van der Waals surface area contributed by atoms with E-state index in [1.807, 2.05) is 19.1 Å². The van der Waals surface area contributed by atoms with Gasteiger partial charge in [-0.15, -0.1) is 0 Å². The molecule has 1 aromatic carbocycles. The Kier molecular flexibility index (Phi) is 4.53. The Morgan fingerprint density at radius 3 is 2.11 bits per heavy atom. The van der Waals surface area contributed by atoms with Crippen LogP contribution in [0.4, 0.5) is 0 Å². The average molecular weight is 271 g/mol. The van der Waals surface area contributed by atoms with Crippen LogP contribution in [0.5, 0.6) is 0 Å². The SMILES string of the molecule is CCc1ccc(S(=O)(=O)N(C)C(C)(C)CO)cc1. The molecule has 0 heterocycles. The van der Waals surface area contributed by atoms with Gasteiger partial charge in [-0.25, -0.2) is 8.42 Å². The average Bonchev–Trinajstić information content (AvgIpc) is 2.37. The number of benzene rings is 1. The summed E-state index contributed by atoms with van der Waals surface area (Å²) in [5.41, 5.74) is 0.278. The third kappa shape index (κ3) is 2.91. The third-order valence-electron chi connectivity index (χ3n) is 3.23. The molecule has 0 aromatic heterocycles. The van der Waals surface area contributed by atoms with Gasteiger partial charge in [-0.2, -0.15) is 4.31 Å². The summed E-state index contributed by atoms with van der Waals surface area (Å²) in [5, 5.41) is 9.25. The van der Waals surface area contributed by atoms with Crippen LogP contribution in [0.2, 0.25) is 0 Å². The molecule has 0 aliphatic rings. The molecule has 4 nitrogen and oxygen atoms in total. The second kappa shape index (κ2) is 5.38. The van der Waals surface area contributed by atoms with Gasteiger partial charge in [0.25, 0.3) is 0 Å². The zero-order valence-electron chi connectivity index (χ0n) is 11.3. The van der Waals surface area contributed by atoms with Gasteiger partial charge in [-0.1, -0.05) is 19.1 Å². The molecule has 18 heavy (non-hydrogen) atoms. The maximum absolute atomic E-state index is 12.4. The minimum Gasteiger partial charge on any atom is -0.394 e. The molecule has 1 rings (SSSR count). The van der Waals surface area contributed by atoms with Crippen molar-refractivity contribution < 1.29 is 13.5 Å². The Hall–Kier alpha value is -0.910. The van der Waals surface area contributed by atoms with Crippen LogP contribution in [-0.4, -0.2) is 37.0 Å². The molecule has 1 N–H and O–H groups in total. The number of aryl methyl sites for hydroxylation is 1. The number of hydrogen-bond acceptors (Lipinski definition) is 3. The number of sulfonamides is 1. The van der Waals surface area contributed by atoms with E-state index in [4.69, 9.17) is 0 Å². The highest BCUT2D eigenvalue weighted by molar-refractivity contribution is 7.89. The predicted molar refractivity (Wildman–Crippen MR) is 71.9 cm³/mol. The quantitative estimate of drug-likeness (QED) is 0.885. The second-order valence-corrected chi connectivity index (χ2v) is 6.91. The maximum atomic E-state index is 12.4. The van der Waals surface area contributed by atoms with E-state index in [0.29, 0.717) is 0 Å². The molecule has 0 amide bonds. The van der Waals surface area contributed by atoms with Crippen molar-refractivity contribution in [2.75, 3.05) is 13.7 Å². The van der Waals surface area contributed by atoms with Gasteiger partial charge in [0.1, 0.15) is 0 Å². The van der Waals surface area contributed by atoms with Crippen molar-refractivity contribution >= 4 is 10.0 Å². The Morgan fingerprint density at radius 2 is 1.72 bits per heavy atom. The van der Waals surface area contributed by atoms with Gasteiger partial charge in [0.2, 0.25) is 10.0 Å². The summed E-state index contributed by atoms with van der Waals surface area (Å²) in [6.45, 7) is 5.16. The number of hydrogen-bond donors (Lipinski definition) is 1. The largest absolute Gasteiger partial charge is 0.394 e. The molecular weight excluding hydrogens is 250 g/mol. The van der Waals surface area contributed by atoms with E-state index >= 15 is 0 Å². The fourth-order valence-electron chi connectivity index (χ4n) is 1.48. The molecule has 0 aliphatic heterocycles. The maximum Gasteiger partial charge on any atom is 0.243 e. The fourth-order valence-corrected chi connectivity index (χ4v) is 2.98. The van der Waals surface area contributed by atoms with E-state index in [0.717, 1.165) is 12.0 Å². The van der Waals surface area contributed by atoms with Gasteiger partial charge in [0.15, 0.2) is 0 Å². The minimum absolute atomic E-state index is 0.226. The monoisotopic (exact) mass is 271 g/mol. The zero-order valence-corrected chi connectivity index (χ0v) is 12.2. The van der Waals surface area contributed by atoms with E-state index in [9.17, 15) is 13.5 Å². The molecule has 0 unspecified atom stereocenters. The van der Waals surface area contributed by atoms with Crippen LogP contribution in [-0.2, 0) is 16.4 Å². The van der Waals surface area contributed by atoms with E-state index in [1.54, 1.807) is 26.0 Å². The Balaban J connectivity index is 3.13. The van der Waals surface area contributed by atoms with Crippen LogP contribution in [0, 0.1) is 0 Å². The summed E-state index contributed by atoms with van der Waals surface area (Å²) in [4.78, 5) is 0.253.